The van der Waals surface area contributed by atoms with Crippen LogP contribution >= 0.6 is 27.9 Å². The van der Waals surface area contributed by atoms with E-state index in [1.165, 1.54) is 36.9 Å². The van der Waals surface area contributed by atoms with Crippen LogP contribution in [0.15, 0.2) is 86.5 Å². The number of aliphatic hydroxyl groups excluding tert-OH is 1. The Morgan fingerprint density at radius 1 is 1.13 bits per heavy atom. The molecule has 0 amide bonds. The van der Waals surface area contributed by atoms with Crippen molar-refractivity contribution in [1.82, 2.24) is 10.0 Å². The van der Waals surface area contributed by atoms with Crippen molar-refractivity contribution < 1.29 is 15.3 Å². The van der Waals surface area contributed by atoms with Crippen LogP contribution in [0.4, 0.5) is 0 Å². The Balaban J connectivity index is 0.00000208. The van der Waals surface area contributed by atoms with E-state index in [-0.39, 0.29) is 11.5 Å². The van der Waals surface area contributed by atoms with Crippen LogP contribution in [-0.2, 0) is 0 Å². The normalized spacial score (nSPS) is 15.8. The number of nitrogens with zero attached hydrogens (tertiary/aromatic N) is 1. The number of hydrogen-bond acceptors (Lipinski definition) is 7. The first-order valence-corrected chi connectivity index (χ1v) is 14.7. The molecule has 212 valence electrons. The molecule has 1 aromatic rings. The Bertz CT molecular complexity index is 998. The highest BCUT2D eigenvalue weighted by molar-refractivity contribution is 9.11. The minimum Gasteiger partial charge on any atom is -0.504 e. The third-order valence-corrected chi connectivity index (χ3v) is 6.32. The number of hydrogen-bond donors (Lipinski definition) is 5. The fourth-order valence-electron chi connectivity index (χ4n) is 2.84. The summed E-state index contributed by atoms with van der Waals surface area (Å²) >= 11 is 4.85. The van der Waals surface area contributed by atoms with Gasteiger partial charge in [0.1, 0.15) is 0 Å². The monoisotopic (exact) mass is 607 g/mol. The van der Waals surface area contributed by atoms with Crippen LogP contribution in [0.1, 0.15) is 67.2 Å². The predicted octanol–water partition coefficient (Wildman–Crippen LogP) is 7.91. The molecule has 1 aliphatic rings. The second-order valence-corrected chi connectivity index (χ2v) is 10.4. The van der Waals surface area contributed by atoms with Crippen LogP contribution < -0.4 is 10.0 Å². The van der Waals surface area contributed by atoms with Gasteiger partial charge in [0.05, 0.1) is 17.5 Å². The summed E-state index contributed by atoms with van der Waals surface area (Å²) in [6, 6.07) is 4.72. The van der Waals surface area contributed by atoms with Crippen molar-refractivity contribution >= 4 is 33.6 Å². The maximum Gasteiger partial charge on any atom is 0.158 e. The molecular weight excluding hydrogens is 562 g/mol. The van der Waals surface area contributed by atoms with E-state index in [4.69, 9.17) is 4.99 Å². The fourth-order valence-corrected chi connectivity index (χ4v) is 3.65. The number of benzene rings is 1. The molecule has 2 rings (SSSR count). The quantitative estimate of drug-likeness (QED) is 0.0576. The number of aromatic hydroxyl groups is 2. The van der Waals surface area contributed by atoms with Crippen LogP contribution in [0, 0.1) is 0 Å². The molecule has 0 bridgehead atoms. The molecule has 0 spiro atoms. The SMILES string of the molecule is C=C/C(Br)=C(C)/N=C(\C=C(/C)NCCCNSc1ccc(O)c(O)c1)C1=CC=CCC1O.CCC.CCC. The van der Waals surface area contributed by atoms with Crippen molar-refractivity contribution in [2.24, 2.45) is 4.99 Å². The van der Waals surface area contributed by atoms with Gasteiger partial charge in [0.15, 0.2) is 11.5 Å². The summed E-state index contributed by atoms with van der Waals surface area (Å²) in [6.07, 6.45) is 12.8. The summed E-state index contributed by atoms with van der Waals surface area (Å²) < 4.78 is 4.04. The van der Waals surface area contributed by atoms with E-state index in [0.29, 0.717) is 12.1 Å². The Morgan fingerprint density at radius 3 is 2.37 bits per heavy atom. The van der Waals surface area contributed by atoms with Crippen molar-refractivity contribution in [3.63, 3.8) is 0 Å². The standard InChI is InChI=1S/C24H30BrN3O3S.2C3H8/c1-4-20(25)17(3)28-21(19-8-5-6-9-22(19)29)14-16(2)26-12-7-13-27-32-18-10-11-23(30)24(31)15-18;2*1-3-2/h4-6,8,10-11,14-15,22,26-27,29-31H,1,7,9,12-13H2,2-3H3;2*3H2,1-2H3/b16-14+,20-17-,28-21+;;. The molecule has 38 heavy (non-hydrogen) atoms. The summed E-state index contributed by atoms with van der Waals surface area (Å²) in [4.78, 5) is 5.54. The molecule has 0 saturated heterocycles. The molecule has 0 aliphatic heterocycles. The molecule has 1 aliphatic carbocycles. The van der Waals surface area contributed by atoms with Gasteiger partial charge in [0.25, 0.3) is 0 Å². The molecule has 0 heterocycles. The van der Waals surface area contributed by atoms with Gasteiger partial charge < -0.3 is 20.6 Å². The van der Waals surface area contributed by atoms with E-state index < -0.39 is 6.10 Å². The minimum absolute atomic E-state index is 0.126. The van der Waals surface area contributed by atoms with Gasteiger partial charge in [-0.25, -0.2) is 0 Å². The number of phenolic OH excluding ortho intramolecular Hbond substituents is 2. The second-order valence-electron chi connectivity index (χ2n) is 8.60. The van der Waals surface area contributed by atoms with E-state index in [1.54, 1.807) is 12.1 Å². The van der Waals surface area contributed by atoms with E-state index in [2.05, 4.69) is 60.2 Å². The summed E-state index contributed by atoms with van der Waals surface area (Å²) in [7, 11) is 0. The van der Waals surface area contributed by atoms with Gasteiger partial charge >= 0.3 is 0 Å². The van der Waals surface area contributed by atoms with Crippen molar-refractivity contribution in [2.75, 3.05) is 13.1 Å². The van der Waals surface area contributed by atoms with Gasteiger partial charge in [-0.15, -0.1) is 0 Å². The van der Waals surface area contributed by atoms with E-state index in [0.717, 1.165) is 45.9 Å². The maximum atomic E-state index is 10.4. The van der Waals surface area contributed by atoms with Gasteiger partial charge in [0.2, 0.25) is 0 Å². The van der Waals surface area contributed by atoms with Crippen molar-refractivity contribution in [1.29, 1.82) is 0 Å². The number of allylic oxidation sites excluding steroid dienone is 7. The smallest absolute Gasteiger partial charge is 0.158 e. The van der Waals surface area contributed by atoms with Crippen LogP contribution in [0.3, 0.4) is 0 Å². The van der Waals surface area contributed by atoms with Gasteiger partial charge in [-0.3, -0.25) is 9.71 Å². The number of rotatable bonds is 11. The molecule has 0 fully saturated rings. The minimum atomic E-state index is -0.585. The average molecular weight is 609 g/mol. The Kier molecular flexibility index (Phi) is 20.4. The fraction of sp³-hybridized carbons (Fsp3) is 0.433. The first-order chi connectivity index (χ1) is 18.1. The topological polar surface area (TPSA) is 97.1 Å². The number of nitrogens with one attached hydrogen (secondary N) is 2. The van der Waals surface area contributed by atoms with Crippen molar-refractivity contribution in [3.05, 3.63) is 76.6 Å². The van der Waals surface area contributed by atoms with Gasteiger partial charge in [-0.2, -0.15) is 0 Å². The number of halogens is 1. The Morgan fingerprint density at radius 2 is 1.79 bits per heavy atom. The van der Waals surface area contributed by atoms with E-state index in [9.17, 15) is 15.3 Å². The van der Waals surface area contributed by atoms with Gasteiger partial charge in [-0.05, 0) is 78.8 Å². The lowest BCUT2D eigenvalue weighted by Gasteiger charge is -2.18. The molecule has 0 saturated carbocycles. The molecule has 6 nitrogen and oxygen atoms in total. The summed E-state index contributed by atoms with van der Waals surface area (Å²) in [5, 5.41) is 32.7. The molecular formula is C30H46BrN3O3S. The van der Waals surface area contributed by atoms with Crippen LogP contribution in [0.25, 0.3) is 0 Å². The lowest BCUT2D eigenvalue weighted by Crippen LogP contribution is -2.21. The first kappa shape index (κ1) is 35.7. The van der Waals surface area contributed by atoms with Crippen LogP contribution in [0.5, 0.6) is 11.5 Å². The number of aliphatic hydroxyl groups is 1. The first-order valence-electron chi connectivity index (χ1n) is 13.1. The summed E-state index contributed by atoms with van der Waals surface area (Å²) in [5.41, 5.74) is 3.23. The van der Waals surface area contributed by atoms with Gasteiger partial charge in [0, 0.05) is 33.7 Å². The highest BCUT2D eigenvalue weighted by Crippen LogP contribution is 2.28. The molecule has 1 unspecified atom stereocenters. The van der Waals surface area contributed by atoms with Crippen LogP contribution in [0.2, 0.25) is 0 Å². The van der Waals surface area contributed by atoms with Crippen molar-refractivity contribution in [2.45, 2.75) is 78.2 Å². The summed E-state index contributed by atoms with van der Waals surface area (Å²) in [6.45, 7) is 17.7. The zero-order chi connectivity index (χ0) is 28.9. The molecule has 0 radical (unpaired) electrons. The van der Waals surface area contributed by atoms with E-state index in [1.807, 2.05) is 38.2 Å². The predicted molar refractivity (Wildman–Crippen MR) is 169 cm³/mol. The lowest BCUT2D eigenvalue weighted by molar-refractivity contribution is 0.219. The average Bonchev–Trinajstić information content (AvgIpc) is 2.88. The molecule has 8 heteroatoms. The summed E-state index contributed by atoms with van der Waals surface area (Å²) in [5.74, 6) is -0.255. The Labute approximate surface area is 242 Å². The molecule has 1 atom stereocenters. The molecule has 5 N–H and O–H groups in total. The third kappa shape index (κ3) is 15.2. The van der Waals surface area contributed by atoms with Gasteiger partial charge in [-0.1, -0.05) is 71.4 Å². The lowest BCUT2D eigenvalue weighted by atomic mass is 9.96. The van der Waals surface area contributed by atoms with Crippen LogP contribution in [-0.4, -0.2) is 40.2 Å². The Hall–Kier alpha value is -2.26. The zero-order valence-corrected chi connectivity index (χ0v) is 26.1. The third-order valence-electron chi connectivity index (χ3n) is 4.59. The second kappa shape index (κ2) is 21.6. The molecule has 1 aromatic carbocycles. The zero-order valence-electron chi connectivity index (χ0n) is 23.7. The highest BCUT2D eigenvalue weighted by atomic mass is 79.9. The molecule has 0 aromatic heterocycles. The van der Waals surface area contributed by atoms with E-state index >= 15 is 0 Å². The largest absolute Gasteiger partial charge is 0.504 e. The maximum absolute atomic E-state index is 10.4. The van der Waals surface area contributed by atoms with Crippen molar-refractivity contribution in [3.8, 4) is 11.5 Å². The highest BCUT2D eigenvalue weighted by Gasteiger charge is 2.17. The number of phenols is 2. The number of aliphatic imine (C=N–C) groups is 1.